The van der Waals surface area contributed by atoms with Crippen LogP contribution in [0.25, 0.3) is 17.1 Å². The number of hydrogen-bond acceptors (Lipinski definition) is 5. The van der Waals surface area contributed by atoms with E-state index in [1.165, 1.54) is 5.56 Å². The molecule has 0 spiro atoms. The molecule has 0 bridgehead atoms. The lowest BCUT2D eigenvalue weighted by atomic mass is 10.1. The van der Waals surface area contributed by atoms with Crippen molar-refractivity contribution >= 4 is 11.8 Å². The predicted molar refractivity (Wildman–Crippen MR) is 123 cm³/mol. The third-order valence-electron chi connectivity index (χ3n) is 4.80. The first-order valence-corrected chi connectivity index (χ1v) is 11.0. The maximum absolute atomic E-state index is 8.99. The summed E-state index contributed by atoms with van der Waals surface area (Å²) in [5.74, 6) is 2.36. The lowest BCUT2D eigenvalue weighted by molar-refractivity contribution is 0.340. The fourth-order valence-electron chi connectivity index (χ4n) is 3.17. The first kappa shape index (κ1) is 20.7. The standard InChI is InChI=1S/C25H22N4OS/c1-3-30-23-14-12-22(13-15-23)29-24(21-10-4-18(2)5-11-21)27-28-25(29)31-17-20-8-6-19(16-26)7-9-20/h4-15H,3,17H2,1-2H3. The Morgan fingerprint density at radius 2 is 1.65 bits per heavy atom. The van der Waals surface area contributed by atoms with Crippen LogP contribution in [-0.2, 0) is 5.75 Å². The van der Waals surface area contributed by atoms with Crippen LogP contribution < -0.4 is 4.74 Å². The van der Waals surface area contributed by atoms with Gasteiger partial charge in [-0.3, -0.25) is 4.57 Å². The minimum absolute atomic E-state index is 0.631. The van der Waals surface area contributed by atoms with Gasteiger partial charge < -0.3 is 4.74 Å². The third-order valence-corrected chi connectivity index (χ3v) is 5.80. The summed E-state index contributed by atoms with van der Waals surface area (Å²) in [7, 11) is 0. The topological polar surface area (TPSA) is 63.7 Å². The molecule has 0 N–H and O–H groups in total. The molecule has 5 nitrogen and oxygen atoms in total. The first-order chi connectivity index (χ1) is 15.2. The molecule has 0 atom stereocenters. The Bertz CT molecular complexity index is 1190. The normalized spacial score (nSPS) is 10.6. The average Bonchev–Trinajstić information content (AvgIpc) is 3.23. The van der Waals surface area contributed by atoms with E-state index in [1.54, 1.807) is 11.8 Å². The number of hydrogen-bond donors (Lipinski definition) is 0. The van der Waals surface area contributed by atoms with E-state index in [-0.39, 0.29) is 0 Å². The van der Waals surface area contributed by atoms with Gasteiger partial charge >= 0.3 is 0 Å². The van der Waals surface area contributed by atoms with E-state index in [1.807, 2.05) is 55.5 Å². The number of aromatic nitrogens is 3. The summed E-state index contributed by atoms with van der Waals surface area (Å²) in [5, 5.41) is 18.8. The van der Waals surface area contributed by atoms with Crippen molar-refractivity contribution in [1.82, 2.24) is 14.8 Å². The Balaban J connectivity index is 1.68. The second-order valence-corrected chi connectivity index (χ2v) is 7.97. The Kier molecular flexibility index (Phi) is 6.34. The van der Waals surface area contributed by atoms with Crippen molar-refractivity contribution in [2.75, 3.05) is 6.61 Å². The lowest BCUT2D eigenvalue weighted by Gasteiger charge is -2.12. The van der Waals surface area contributed by atoms with E-state index in [2.05, 4.69) is 52.0 Å². The smallest absolute Gasteiger partial charge is 0.196 e. The molecule has 3 aromatic carbocycles. The molecular weight excluding hydrogens is 404 g/mol. The van der Waals surface area contributed by atoms with Crippen LogP contribution in [0.1, 0.15) is 23.6 Å². The molecule has 1 aromatic heterocycles. The molecule has 31 heavy (non-hydrogen) atoms. The monoisotopic (exact) mass is 426 g/mol. The molecule has 0 saturated carbocycles. The second kappa shape index (κ2) is 9.50. The van der Waals surface area contributed by atoms with Crippen molar-refractivity contribution in [1.29, 1.82) is 5.26 Å². The minimum atomic E-state index is 0.631. The highest BCUT2D eigenvalue weighted by atomic mass is 32.2. The molecule has 0 fully saturated rings. The minimum Gasteiger partial charge on any atom is -0.494 e. The molecule has 0 aliphatic carbocycles. The van der Waals surface area contributed by atoms with Crippen molar-refractivity contribution in [2.45, 2.75) is 24.8 Å². The van der Waals surface area contributed by atoms with Crippen LogP contribution in [0.15, 0.2) is 78.0 Å². The summed E-state index contributed by atoms with van der Waals surface area (Å²) < 4.78 is 7.67. The molecule has 0 radical (unpaired) electrons. The number of ether oxygens (including phenoxy) is 1. The van der Waals surface area contributed by atoms with Gasteiger partial charge in [-0.25, -0.2) is 0 Å². The fraction of sp³-hybridized carbons (Fsp3) is 0.160. The highest BCUT2D eigenvalue weighted by Crippen LogP contribution is 2.30. The van der Waals surface area contributed by atoms with E-state index in [0.717, 1.165) is 39.3 Å². The van der Waals surface area contributed by atoms with Gasteiger partial charge in [0.2, 0.25) is 0 Å². The molecule has 0 saturated heterocycles. The summed E-state index contributed by atoms with van der Waals surface area (Å²) in [6.07, 6.45) is 0. The summed E-state index contributed by atoms with van der Waals surface area (Å²) in [6.45, 7) is 4.67. The van der Waals surface area contributed by atoms with Gasteiger partial charge in [0.15, 0.2) is 11.0 Å². The van der Waals surface area contributed by atoms with Crippen molar-refractivity contribution in [3.8, 4) is 28.9 Å². The fourth-order valence-corrected chi connectivity index (χ4v) is 4.08. The molecule has 6 heteroatoms. The zero-order valence-electron chi connectivity index (χ0n) is 17.4. The van der Waals surface area contributed by atoms with Crippen LogP contribution in [0.2, 0.25) is 0 Å². The quantitative estimate of drug-likeness (QED) is 0.349. The lowest BCUT2D eigenvalue weighted by Crippen LogP contribution is -2.00. The molecule has 0 amide bonds. The molecule has 4 aromatic rings. The SMILES string of the molecule is CCOc1ccc(-n2c(SCc3ccc(C#N)cc3)nnc2-c2ccc(C)cc2)cc1. The van der Waals surface area contributed by atoms with Crippen LogP contribution in [-0.4, -0.2) is 21.4 Å². The van der Waals surface area contributed by atoms with E-state index < -0.39 is 0 Å². The highest BCUT2D eigenvalue weighted by molar-refractivity contribution is 7.98. The Hall–Kier alpha value is -3.56. The van der Waals surface area contributed by atoms with Crippen molar-refractivity contribution < 1.29 is 4.74 Å². The van der Waals surface area contributed by atoms with E-state index in [9.17, 15) is 0 Å². The van der Waals surface area contributed by atoms with E-state index >= 15 is 0 Å². The highest BCUT2D eigenvalue weighted by Gasteiger charge is 2.16. The van der Waals surface area contributed by atoms with Crippen LogP contribution in [0.3, 0.4) is 0 Å². The maximum Gasteiger partial charge on any atom is 0.196 e. The summed E-state index contributed by atoms with van der Waals surface area (Å²) in [6, 6.07) is 26.1. The number of aryl methyl sites for hydroxylation is 1. The Morgan fingerprint density at radius 1 is 0.935 bits per heavy atom. The number of rotatable bonds is 7. The summed E-state index contributed by atoms with van der Waals surface area (Å²) in [4.78, 5) is 0. The number of thioether (sulfide) groups is 1. The van der Waals surface area contributed by atoms with Gasteiger partial charge in [0.25, 0.3) is 0 Å². The van der Waals surface area contributed by atoms with E-state index in [0.29, 0.717) is 12.2 Å². The van der Waals surface area contributed by atoms with Crippen LogP contribution in [0.5, 0.6) is 5.75 Å². The van der Waals surface area contributed by atoms with Gasteiger partial charge in [-0.05, 0) is 55.8 Å². The first-order valence-electron chi connectivity index (χ1n) is 10.1. The van der Waals surface area contributed by atoms with Crippen LogP contribution in [0.4, 0.5) is 0 Å². The summed E-state index contributed by atoms with van der Waals surface area (Å²) in [5.41, 5.74) is 4.98. The Morgan fingerprint density at radius 3 is 2.29 bits per heavy atom. The number of nitrogens with zero attached hydrogens (tertiary/aromatic N) is 4. The van der Waals surface area contributed by atoms with Gasteiger partial charge in [0.1, 0.15) is 5.75 Å². The van der Waals surface area contributed by atoms with Gasteiger partial charge in [-0.1, -0.05) is 53.7 Å². The maximum atomic E-state index is 8.99. The van der Waals surface area contributed by atoms with Crippen molar-refractivity contribution in [3.05, 3.63) is 89.5 Å². The molecule has 0 aliphatic heterocycles. The third kappa shape index (κ3) is 4.79. The average molecular weight is 427 g/mol. The zero-order chi connectivity index (χ0) is 21.6. The van der Waals surface area contributed by atoms with Gasteiger partial charge in [-0.15, -0.1) is 10.2 Å². The zero-order valence-corrected chi connectivity index (χ0v) is 18.3. The summed E-state index contributed by atoms with van der Waals surface area (Å²) >= 11 is 1.62. The van der Waals surface area contributed by atoms with Crippen LogP contribution in [0, 0.1) is 18.3 Å². The van der Waals surface area contributed by atoms with Gasteiger partial charge in [-0.2, -0.15) is 5.26 Å². The van der Waals surface area contributed by atoms with Gasteiger partial charge in [0.05, 0.1) is 18.2 Å². The number of benzene rings is 3. The van der Waals surface area contributed by atoms with E-state index in [4.69, 9.17) is 10.00 Å². The Labute approximate surface area is 186 Å². The molecule has 1 heterocycles. The van der Waals surface area contributed by atoms with Crippen molar-refractivity contribution in [3.63, 3.8) is 0 Å². The second-order valence-electron chi connectivity index (χ2n) is 7.03. The van der Waals surface area contributed by atoms with Crippen LogP contribution >= 0.6 is 11.8 Å². The van der Waals surface area contributed by atoms with Crippen molar-refractivity contribution in [2.24, 2.45) is 0 Å². The predicted octanol–water partition coefficient (Wildman–Crippen LogP) is 5.81. The number of nitriles is 1. The molecular formula is C25H22N4OS. The molecule has 0 aliphatic rings. The van der Waals surface area contributed by atoms with Gasteiger partial charge in [0, 0.05) is 17.0 Å². The largest absolute Gasteiger partial charge is 0.494 e. The molecule has 4 rings (SSSR count). The molecule has 0 unspecified atom stereocenters. The molecule has 154 valence electrons.